The van der Waals surface area contributed by atoms with Crippen LogP contribution in [0.2, 0.25) is 0 Å². The van der Waals surface area contributed by atoms with E-state index in [9.17, 15) is 4.79 Å². The Morgan fingerprint density at radius 3 is 2.67 bits per heavy atom. The maximum absolute atomic E-state index is 12.4. The van der Waals surface area contributed by atoms with E-state index in [1.807, 2.05) is 30.0 Å². The molecule has 116 valence electrons. The number of methoxy groups -OCH3 is 2. The van der Waals surface area contributed by atoms with E-state index in [4.69, 9.17) is 15.2 Å². The van der Waals surface area contributed by atoms with Gasteiger partial charge in [0.15, 0.2) is 11.5 Å². The van der Waals surface area contributed by atoms with Gasteiger partial charge in [0.2, 0.25) is 5.91 Å². The monoisotopic (exact) mass is 292 g/mol. The van der Waals surface area contributed by atoms with Gasteiger partial charge in [-0.3, -0.25) is 4.79 Å². The van der Waals surface area contributed by atoms with E-state index in [0.717, 1.165) is 25.1 Å². The van der Waals surface area contributed by atoms with Gasteiger partial charge in [-0.1, -0.05) is 6.07 Å². The molecule has 0 aliphatic carbocycles. The van der Waals surface area contributed by atoms with Crippen LogP contribution in [0.15, 0.2) is 18.2 Å². The van der Waals surface area contributed by atoms with E-state index < -0.39 is 0 Å². The summed E-state index contributed by atoms with van der Waals surface area (Å²) in [5.41, 5.74) is 6.85. The molecule has 2 N–H and O–H groups in total. The second-order valence-corrected chi connectivity index (χ2v) is 5.61. The fraction of sp³-hybridized carbons (Fsp3) is 0.562. The van der Waals surface area contributed by atoms with Crippen LogP contribution >= 0.6 is 0 Å². The first-order chi connectivity index (χ1) is 10.0. The van der Waals surface area contributed by atoms with E-state index >= 15 is 0 Å². The number of ether oxygens (including phenoxy) is 2. The molecule has 2 unspecified atom stereocenters. The first-order valence-corrected chi connectivity index (χ1v) is 7.29. The molecule has 0 spiro atoms. The van der Waals surface area contributed by atoms with E-state index in [-0.39, 0.29) is 11.9 Å². The fourth-order valence-electron chi connectivity index (χ4n) is 2.72. The van der Waals surface area contributed by atoms with Gasteiger partial charge >= 0.3 is 0 Å². The second-order valence-electron chi connectivity index (χ2n) is 5.61. The minimum absolute atomic E-state index is 0.142. The summed E-state index contributed by atoms with van der Waals surface area (Å²) in [6.45, 7) is 3.58. The molecule has 1 aliphatic heterocycles. The number of nitrogens with zero attached hydrogens (tertiary/aromatic N) is 1. The zero-order valence-electron chi connectivity index (χ0n) is 13.0. The van der Waals surface area contributed by atoms with Gasteiger partial charge in [-0.05, 0) is 37.0 Å². The predicted molar refractivity (Wildman–Crippen MR) is 81.6 cm³/mol. The number of benzene rings is 1. The number of hydrogen-bond acceptors (Lipinski definition) is 4. The van der Waals surface area contributed by atoms with Gasteiger partial charge in [-0.2, -0.15) is 0 Å². The van der Waals surface area contributed by atoms with E-state index in [1.54, 1.807) is 14.2 Å². The van der Waals surface area contributed by atoms with Crippen molar-refractivity contribution in [3.8, 4) is 11.5 Å². The third kappa shape index (κ3) is 3.67. The standard InChI is InChI=1S/C16H24N2O3/c1-11(17)13-6-7-18(10-13)16(19)9-12-4-5-14(20-2)15(8-12)21-3/h4-5,8,11,13H,6-7,9-10,17H2,1-3H3. The Morgan fingerprint density at radius 1 is 1.38 bits per heavy atom. The van der Waals surface area contributed by atoms with Crippen LogP contribution in [0.25, 0.3) is 0 Å². The molecule has 1 amide bonds. The van der Waals surface area contributed by atoms with Crippen molar-refractivity contribution in [1.82, 2.24) is 4.90 Å². The van der Waals surface area contributed by atoms with Gasteiger partial charge in [-0.15, -0.1) is 0 Å². The molecule has 2 atom stereocenters. The van der Waals surface area contributed by atoms with Gasteiger partial charge in [0.05, 0.1) is 20.6 Å². The molecule has 1 aromatic carbocycles. The average Bonchev–Trinajstić information content (AvgIpc) is 2.97. The van der Waals surface area contributed by atoms with Crippen LogP contribution in [-0.2, 0) is 11.2 Å². The molecule has 1 aliphatic rings. The Hall–Kier alpha value is -1.75. The van der Waals surface area contributed by atoms with Crippen LogP contribution in [0, 0.1) is 5.92 Å². The van der Waals surface area contributed by atoms with Crippen molar-refractivity contribution >= 4 is 5.91 Å². The van der Waals surface area contributed by atoms with Crippen LogP contribution in [0.4, 0.5) is 0 Å². The average molecular weight is 292 g/mol. The zero-order chi connectivity index (χ0) is 15.4. The first kappa shape index (κ1) is 15.6. The van der Waals surface area contributed by atoms with Gasteiger partial charge in [0.25, 0.3) is 0 Å². The Balaban J connectivity index is 2.00. The number of nitrogens with two attached hydrogens (primary N) is 1. The molecule has 1 fully saturated rings. The Morgan fingerprint density at radius 2 is 2.10 bits per heavy atom. The summed E-state index contributed by atoms with van der Waals surface area (Å²) in [5, 5.41) is 0. The topological polar surface area (TPSA) is 64.8 Å². The molecular weight excluding hydrogens is 268 g/mol. The summed E-state index contributed by atoms with van der Waals surface area (Å²) >= 11 is 0. The lowest BCUT2D eigenvalue weighted by atomic mass is 10.0. The van der Waals surface area contributed by atoms with Crippen LogP contribution in [0.5, 0.6) is 11.5 Å². The van der Waals surface area contributed by atoms with Crippen molar-refractivity contribution in [3.63, 3.8) is 0 Å². The lowest BCUT2D eigenvalue weighted by Gasteiger charge is -2.18. The highest BCUT2D eigenvalue weighted by atomic mass is 16.5. The number of carbonyl (C=O) groups is 1. The summed E-state index contributed by atoms with van der Waals surface area (Å²) in [6.07, 6.45) is 1.38. The third-order valence-corrected chi connectivity index (χ3v) is 4.12. The fourth-order valence-corrected chi connectivity index (χ4v) is 2.72. The van der Waals surface area contributed by atoms with Crippen LogP contribution in [0.1, 0.15) is 18.9 Å². The molecule has 5 nitrogen and oxygen atoms in total. The molecule has 2 rings (SSSR count). The number of amides is 1. The normalized spacial score (nSPS) is 19.4. The Bertz CT molecular complexity index is 502. The summed E-state index contributed by atoms with van der Waals surface area (Å²) < 4.78 is 10.5. The van der Waals surface area contributed by atoms with Crippen LogP contribution in [0.3, 0.4) is 0 Å². The van der Waals surface area contributed by atoms with E-state index in [2.05, 4.69) is 0 Å². The molecule has 21 heavy (non-hydrogen) atoms. The maximum atomic E-state index is 12.4. The molecule has 0 aromatic heterocycles. The minimum atomic E-state index is 0.142. The van der Waals surface area contributed by atoms with Crippen molar-refractivity contribution in [3.05, 3.63) is 23.8 Å². The van der Waals surface area contributed by atoms with Gasteiger partial charge in [0.1, 0.15) is 0 Å². The highest BCUT2D eigenvalue weighted by Crippen LogP contribution is 2.28. The largest absolute Gasteiger partial charge is 0.493 e. The second kappa shape index (κ2) is 6.80. The van der Waals surface area contributed by atoms with Crippen molar-refractivity contribution in [2.75, 3.05) is 27.3 Å². The van der Waals surface area contributed by atoms with Gasteiger partial charge < -0.3 is 20.1 Å². The molecule has 5 heteroatoms. The summed E-state index contributed by atoms with van der Waals surface area (Å²) in [5.74, 6) is 1.88. The van der Waals surface area contributed by atoms with Crippen molar-refractivity contribution in [2.24, 2.45) is 11.7 Å². The van der Waals surface area contributed by atoms with Crippen molar-refractivity contribution in [2.45, 2.75) is 25.8 Å². The highest BCUT2D eigenvalue weighted by molar-refractivity contribution is 5.79. The summed E-state index contributed by atoms with van der Waals surface area (Å²) in [6, 6.07) is 5.73. The molecule has 1 aromatic rings. The van der Waals surface area contributed by atoms with Crippen LogP contribution in [-0.4, -0.2) is 44.2 Å². The number of rotatable bonds is 5. The minimum Gasteiger partial charge on any atom is -0.493 e. The molecule has 0 radical (unpaired) electrons. The molecular formula is C16H24N2O3. The number of hydrogen-bond donors (Lipinski definition) is 1. The Kier molecular flexibility index (Phi) is 5.07. The third-order valence-electron chi connectivity index (χ3n) is 4.12. The number of likely N-dealkylation sites (tertiary alicyclic amines) is 1. The molecule has 1 heterocycles. The first-order valence-electron chi connectivity index (χ1n) is 7.29. The van der Waals surface area contributed by atoms with Crippen molar-refractivity contribution in [1.29, 1.82) is 0 Å². The number of carbonyl (C=O) groups excluding carboxylic acids is 1. The zero-order valence-corrected chi connectivity index (χ0v) is 13.0. The highest BCUT2D eigenvalue weighted by Gasteiger charge is 2.28. The smallest absolute Gasteiger partial charge is 0.227 e. The summed E-state index contributed by atoms with van der Waals surface area (Å²) in [7, 11) is 3.19. The molecule has 0 bridgehead atoms. The maximum Gasteiger partial charge on any atom is 0.227 e. The summed E-state index contributed by atoms with van der Waals surface area (Å²) in [4.78, 5) is 14.3. The SMILES string of the molecule is COc1ccc(CC(=O)N2CCC(C(C)N)C2)cc1OC. The van der Waals surface area contributed by atoms with Crippen molar-refractivity contribution < 1.29 is 14.3 Å². The van der Waals surface area contributed by atoms with Gasteiger partial charge in [0, 0.05) is 19.1 Å². The lowest BCUT2D eigenvalue weighted by molar-refractivity contribution is -0.129. The molecule has 0 saturated carbocycles. The van der Waals surface area contributed by atoms with E-state index in [1.165, 1.54) is 0 Å². The van der Waals surface area contributed by atoms with E-state index in [0.29, 0.717) is 23.8 Å². The van der Waals surface area contributed by atoms with Gasteiger partial charge in [-0.25, -0.2) is 0 Å². The quantitative estimate of drug-likeness (QED) is 0.892. The lowest BCUT2D eigenvalue weighted by Crippen LogP contribution is -2.33. The molecule has 1 saturated heterocycles. The predicted octanol–water partition coefficient (Wildman–Crippen LogP) is 1.44. The van der Waals surface area contributed by atoms with Crippen LogP contribution < -0.4 is 15.2 Å². The Labute approximate surface area is 126 Å².